The summed E-state index contributed by atoms with van der Waals surface area (Å²) < 4.78 is 33.1. The molecule has 0 spiro atoms. The zero-order chi connectivity index (χ0) is 53.8. The van der Waals surface area contributed by atoms with Gasteiger partial charge < -0.3 is 20.1 Å². The molecule has 0 aliphatic heterocycles. The van der Waals surface area contributed by atoms with Crippen molar-refractivity contribution in [3.8, 4) is 0 Å². The highest BCUT2D eigenvalue weighted by atomic mass is 31.2. The molecule has 0 radical (unpaired) electrons. The van der Waals surface area contributed by atoms with Gasteiger partial charge in [-0.05, 0) is 38.5 Å². The van der Waals surface area contributed by atoms with E-state index in [9.17, 15) is 19.0 Å². The van der Waals surface area contributed by atoms with Crippen LogP contribution in [-0.4, -0.2) is 49.3 Å². The first-order chi connectivity index (χ1) is 36.3. The van der Waals surface area contributed by atoms with Gasteiger partial charge in [-0.2, -0.15) is 0 Å². The van der Waals surface area contributed by atoms with Crippen LogP contribution in [0.3, 0.4) is 0 Å². The van der Waals surface area contributed by atoms with E-state index in [1.165, 1.54) is 283 Å². The van der Waals surface area contributed by atoms with Crippen LogP contribution in [0.2, 0.25) is 0 Å². The molecule has 0 rings (SSSR count). The number of hydrogen-bond acceptors (Lipinski definition) is 8. The van der Waals surface area contributed by atoms with E-state index in [1.807, 2.05) is 0 Å². The molecule has 9 nitrogen and oxygen atoms in total. The van der Waals surface area contributed by atoms with E-state index in [4.69, 9.17) is 24.3 Å². The maximum Gasteiger partial charge on any atom is 0.472 e. The summed E-state index contributed by atoms with van der Waals surface area (Å²) in [4.78, 5) is 35.2. The number of carbonyl (C=O) groups is 2. The van der Waals surface area contributed by atoms with Gasteiger partial charge in [0.2, 0.25) is 0 Å². The number of nitrogens with two attached hydrogens (primary N) is 1. The van der Waals surface area contributed by atoms with Gasteiger partial charge in [0.05, 0.1) is 13.2 Å². The van der Waals surface area contributed by atoms with Crippen molar-refractivity contribution in [1.82, 2.24) is 0 Å². The second-order valence-electron chi connectivity index (χ2n) is 22.3. The number of carbonyl (C=O) groups excluding carboxylic acids is 2. The molecule has 440 valence electrons. The minimum Gasteiger partial charge on any atom is -0.462 e. The molecule has 0 aromatic heterocycles. The lowest BCUT2D eigenvalue weighted by molar-refractivity contribution is -0.161. The number of rotatable bonds is 63. The SMILES string of the molecule is CCCCCCCC/C=C\CCCCCCCCCCCC(=O)OC(COC(=O)CCCCCCCCCCCCCCCCCCCCCCCCCCCCCCCCCCCC)COP(=O)(O)OCCN. The van der Waals surface area contributed by atoms with Crippen LogP contribution >= 0.6 is 7.82 Å². The average molecular weight is 1070 g/mol. The lowest BCUT2D eigenvalue weighted by Crippen LogP contribution is -2.29. The Morgan fingerprint density at radius 1 is 0.392 bits per heavy atom. The van der Waals surface area contributed by atoms with Crippen molar-refractivity contribution in [2.75, 3.05) is 26.4 Å². The molecular weight excluding hydrogens is 942 g/mol. The minimum absolute atomic E-state index is 0.0565. The number of esters is 2. The Morgan fingerprint density at radius 2 is 0.662 bits per heavy atom. The Balaban J connectivity index is 3.78. The normalized spacial score (nSPS) is 13.0. The number of allylic oxidation sites excluding steroid dienone is 2. The van der Waals surface area contributed by atoms with Crippen LogP contribution in [0.25, 0.3) is 0 Å². The second-order valence-corrected chi connectivity index (χ2v) is 23.8. The van der Waals surface area contributed by atoms with Gasteiger partial charge in [0.25, 0.3) is 0 Å². The first-order valence-corrected chi connectivity index (χ1v) is 34.2. The molecule has 74 heavy (non-hydrogen) atoms. The topological polar surface area (TPSA) is 134 Å². The molecular formula is C64H126NO8P. The van der Waals surface area contributed by atoms with Crippen molar-refractivity contribution >= 4 is 19.8 Å². The molecule has 0 aliphatic carbocycles. The molecule has 0 aliphatic rings. The molecule has 0 amide bonds. The van der Waals surface area contributed by atoms with Gasteiger partial charge in [-0.3, -0.25) is 18.6 Å². The molecule has 0 saturated carbocycles. The molecule has 0 heterocycles. The van der Waals surface area contributed by atoms with Crippen LogP contribution in [0.15, 0.2) is 12.2 Å². The zero-order valence-corrected chi connectivity index (χ0v) is 50.3. The maximum absolute atomic E-state index is 12.7. The molecule has 0 aromatic rings. The maximum atomic E-state index is 12.7. The lowest BCUT2D eigenvalue weighted by atomic mass is 10.0. The monoisotopic (exact) mass is 1070 g/mol. The summed E-state index contributed by atoms with van der Waals surface area (Å²) in [6, 6.07) is 0. The Kier molecular flexibility index (Phi) is 59.9. The number of phosphoric ester groups is 1. The van der Waals surface area contributed by atoms with Crippen LogP contribution in [0, 0.1) is 0 Å². The third-order valence-corrected chi connectivity index (χ3v) is 15.9. The van der Waals surface area contributed by atoms with Crippen LogP contribution in [0.1, 0.15) is 354 Å². The van der Waals surface area contributed by atoms with Gasteiger partial charge in [-0.1, -0.05) is 315 Å². The second kappa shape index (κ2) is 61.0. The molecule has 0 saturated heterocycles. The van der Waals surface area contributed by atoms with Crippen LogP contribution in [0.4, 0.5) is 0 Å². The quantitative estimate of drug-likeness (QED) is 0.0264. The molecule has 10 heteroatoms. The van der Waals surface area contributed by atoms with Gasteiger partial charge in [0.1, 0.15) is 6.61 Å². The summed E-state index contributed by atoms with van der Waals surface area (Å²) in [5, 5.41) is 0. The van der Waals surface area contributed by atoms with Gasteiger partial charge in [-0.25, -0.2) is 4.57 Å². The van der Waals surface area contributed by atoms with E-state index in [2.05, 4.69) is 26.0 Å². The van der Waals surface area contributed by atoms with Crippen LogP contribution in [-0.2, 0) is 32.7 Å². The molecule has 0 fully saturated rings. The van der Waals surface area contributed by atoms with Crippen molar-refractivity contribution in [1.29, 1.82) is 0 Å². The highest BCUT2D eigenvalue weighted by molar-refractivity contribution is 7.47. The number of ether oxygens (including phenoxy) is 2. The van der Waals surface area contributed by atoms with Gasteiger partial charge in [0.15, 0.2) is 6.10 Å². The van der Waals surface area contributed by atoms with Gasteiger partial charge in [0, 0.05) is 19.4 Å². The summed E-state index contributed by atoms with van der Waals surface area (Å²) in [5.74, 6) is -0.808. The Labute approximate surface area is 460 Å². The Bertz CT molecular complexity index is 1220. The fourth-order valence-electron chi connectivity index (χ4n) is 10.0. The Morgan fingerprint density at radius 3 is 0.959 bits per heavy atom. The third kappa shape index (κ3) is 60.0. The van der Waals surface area contributed by atoms with Crippen LogP contribution < -0.4 is 5.73 Å². The van der Waals surface area contributed by atoms with E-state index in [-0.39, 0.29) is 38.6 Å². The largest absolute Gasteiger partial charge is 0.472 e. The van der Waals surface area contributed by atoms with E-state index < -0.39 is 26.5 Å². The first-order valence-electron chi connectivity index (χ1n) is 32.7. The predicted molar refractivity (Wildman–Crippen MR) is 317 cm³/mol. The van der Waals surface area contributed by atoms with E-state index in [1.54, 1.807) is 0 Å². The molecule has 0 bridgehead atoms. The van der Waals surface area contributed by atoms with Crippen LogP contribution in [0.5, 0.6) is 0 Å². The molecule has 0 aromatic carbocycles. The minimum atomic E-state index is -4.38. The van der Waals surface area contributed by atoms with Crippen molar-refractivity contribution in [2.24, 2.45) is 5.73 Å². The van der Waals surface area contributed by atoms with Crippen molar-refractivity contribution < 1.29 is 37.6 Å². The van der Waals surface area contributed by atoms with E-state index >= 15 is 0 Å². The Hall–Kier alpha value is -1.25. The summed E-state index contributed by atoms with van der Waals surface area (Å²) in [5.41, 5.74) is 5.39. The predicted octanol–water partition coefficient (Wildman–Crippen LogP) is 20.8. The smallest absolute Gasteiger partial charge is 0.462 e. The van der Waals surface area contributed by atoms with E-state index in [0.717, 1.165) is 38.5 Å². The standard InChI is InChI=1S/C64H126NO8P/c1-3-5-7-9-11-13-15-17-19-21-23-24-25-26-27-28-29-30-31-32-33-34-35-36-37-39-40-42-44-46-48-50-52-54-56-63(66)70-60-62(61-72-74(68,69)71-59-58-65)73-64(67)57-55-53-51-49-47-45-43-41-38-22-20-18-16-14-12-10-8-6-4-2/h18,20,62H,3-17,19,21-61,65H2,1-2H3,(H,68,69)/b20-18-. The average Bonchev–Trinajstić information content (AvgIpc) is 3.39. The number of phosphoric acid groups is 1. The summed E-state index contributed by atoms with van der Waals surface area (Å²) >= 11 is 0. The molecule has 3 N–H and O–H groups in total. The first kappa shape index (κ1) is 72.8. The fourth-order valence-corrected chi connectivity index (χ4v) is 10.8. The molecule has 2 atom stereocenters. The van der Waals surface area contributed by atoms with E-state index in [0.29, 0.717) is 6.42 Å². The lowest BCUT2D eigenvalue weighted by Gasteiger charge is -2.19. The van der Waals surface area contributed by atoms with Crippen molar-refractivity contribution in [2.45, 2.75) is 360 Å². The van der Waals surface area contributed by atoms with Gasteiger partial charge in [-0.15, -0.1) is 0 Å². The summed E-state index contributed by atoms with van der Waals surface area (Å²) in [6.45, 7) is 3.81. The summed E-state index contributed by atoms with van der Waals surface area (Å²) in [7, 11) is -4.38. The van der Waals surface area contributed by atoms with Crippen molar-refractivity contribution in [3.05, 3.63) is 12.2 Å². The fraction of sp³-hybridized carbons (Fsp3) is 0.938. The highest BCUT2D eigenvalue weighted by Crippen LogP contribution is 2.43. The molecule has 2 unspecified atom stereocenters. The highest BCUT2D eigenvalue weighted by Gasteiger charge is 2.26. The number of unbranched alkanes of at least 4 members (excludes halogenated alkanes) is 48. The third-order valence-electron chi connectivity index (χ3n) is 14.9. The zero-order valence-electron chi connectivity index (χ0n) is 49.4. The van der Waals surface area contributed by atoms with Crippen molar-refractivity contribution in [3.63, 3.8) is 0 Å². The van der Waals surface area contributed by atoms with Gasteiger partial charge >= 0.3 is 19.8 Å². The number of hydrogen-bond donors (Lipinski definition) is 2. The summed E-state index contributed by atoms with van der Waals surface area (Å²) in [6.07, 6.45) is 71.6.